The number of thiophene rings is 1. The Morgan fingerprint density at radius 3 is 2.93 bits per heavy atom. The van der Waals surface area contributed by atoms with Crippen LogP contribution >= 0.6 is 11.3 Å². The molecule has 0 amide bonds. The van der Waals surface area contributed by atoms with Gasteiger partial charge in [0.2, 0.25) is 0 Å². The van der Waals surface area contributed by atoms with E-state index in [1.54, 1.807) is 6.92 Å². The molecule has 0 atom stereocenters. The maximum atomic E-state index is 11.0. The molecule has 0 saturated heterocycles. The molecule has 0 radical (unpaired) electrons. The first kappa shape index (κ1) is 11.6. The molecule has 1 aromatic heterocycles. The van der Waals surface area contributed by atoms with Gasteiger partial charge in [-0.05, 0) is 13.3 Å². The molecule has 0 aromatic carbocycles. The third kappa shape index (κ3) is 3.67. The number of hydrogen-bond acceptors (Lipinski definition) is 5. The van der Waals surface area contributed by atoms with Gasteiger partial charge in [0.05, 0.1) is 23.3 Å². The summed E-state index contributed by atoms with van der Waals surface area (Å²) in [7, 11) is 0. The Morgan fingerprint density at radius 1 is 1.67 bits per heavy atom. The van der Waals surface area contributed by atoms with Crippen molar-refractivity contribution in [3.05, 3.63) is 26.4 Å². The van der Waals surface area contributed by atoms with Crippen molar-refractivity contribution in [1.82, 2.24) is 0 Å². The smallest absolute Gasteiger partial charge is 0.306 e. The predicted molar refractivity (Wildman–Crippen MR) is 55.9 cm³/mol. The van der Waals surface area contributed by atoms with Crippen LogP contribution in [-0.2, 0) is 16.0 Å². The summed E-state index contributed by atoms with van der Waals surface area (Å²) in [5.41, 5.74) is 0.0823. The van der Waals surface area contributed by atoms with Crippen LogP contribution in [-0.4, -0.2) is 17.5 Å². The van der Waals surface area contributed by atoms with Crippen molar-refractivity contribution in [2.24, 2.45) is 0 Å². The maximum absolute atomic E-state index is 11.0. The van der Waals surface area contributed by atoms with Crippen LogP contribution in [0.2, 0.25) is 0 Å². The van der Waals surface area contributed by atoms with Gasteiger partial charge in [0.15, 0.2) is 0 Å². The lowest BCUT2D eigenvalue weighted by Crippen LogP contribution is -2.04. The summed E-state index contributed by atoms with van der Waals surface area (Å²) >= 11 is 1.29. The number of rotatable bonds is 5. The molecule has 0 aliphatic carbocycles. The summed E-state index contributed by atoms with van der Waals surface area (Å²) in [4.78, 5) is 21.8. The van der Waals surface area contributed by atoms with Gasteiger partial charge in [-0.3, -0.25) is 14.9 Å². The van der Waals surface area contributed by atoms with Gasteiger partial charge in [-0.25, -0.2) is 0 Å². The highest BCUT2D eigenvalue weighted by atomic mass is 32.1. The molecule has 0 saturated carbocycles. The Labute approximate surface area is 90.8 Å². The molecule has 0 N–H and O–H groups in total. The first-order valence-electron chi connectivity index (χ1n) is 4.51. The van der Waals surface area contributed by atoms with E-state index in [0.29, 0.717) is 13.0 Å². The van der Waals surface area contributed by atoms with Crippen LogP contribution in [0.3, 0.4) is 0 Å². The Kier molecular flexibility index (Phi) is 4.23. The van der Waals surface area contributed by atoms with Gasteiger partial charge in [0.25, 0.3) is 5.69 Å². The highest BCUT2D eigenvalue weighted by molar-refractivity contribution is 7.10. The second-order valence-corrected chi connectivity index (χ2v) is 3.83. The van der Waals surface area contributed by atoms with E-state index in [2.05, 4.69) is 0 Å². The lowest BCUT2D eigenvalue weighted by Gasteiger charge is -1.98. The summed E-state index contributed by atoms with van der Waals surface area (Å²) in [6, 6.07) is 1.49. The van der Waals surface area contributed by atoms with Gasteiger partial charge in [-0.1, -0.05) is 0 Å². The van der Waals surface area contributed by atoms with E-state index in [-0.39, 0.29) is 18.1 Å². The molecule has 0 bridgehead atoms. The molecule has 0 fully saturated rings. The van der Waals surface area contributed by atoms with Gasteiger partial charge in [0, 0.05) is 10.9 Å². The van der Waals surface area contributed by atoms with E-state index in [4.69, 9.17) is 4.74 Å². The van der Waals surface area contributed by atoms with Gasteiger partial charge < -0.3 is 4.74 Å². The molecular weight excluding hydrogens is 218 g/mol. The van der Waals surface area contributed by atoms with E-state index >= 15 is 0 Å². The Balaban J connectivity index is 2.44. The van der Waals surface area contributed by atoms with Crippen LogP contribution in [0.4, 0.5) is 5.69 Å². The van der Waals surface area contributed by atoms with Crippen molar-refractivity contribution in [1.29, 1.82) is 0 Å². The van der Waals surface area contributed by atoms with E-state index in [0.717, 1.165) is 4.88 Å². The topological polar surface area (TPSA) is 69.4 Å². The van der Waals surface area contributed by atoms with Crippen LogP contribution in [0.1, 0.15) is 18.2 Å². The molecular formula is C9H11NO4S. The van der Waals surface area contributed by atoms with Gasteiger partial charge in [-0.2, -0.15) is 0 Å². The molecule has 0 aliphatic rings. The van der Waals surface area contributed by atoms with Crippen LogP contribution in [0.5, 0.6) is 0 Å². The van der Waals surface area contributed by atoms with E-state index in [9.17, 15) is 14.9 Å². The van der Waals surface area contributed by atoms with Crippen molar-refractivity contribution in [2.75, 3.05) is 6.61 Å². The van der Waals surface area contributed by atoms with E-state index in [1.165, 1.54) is 22.8 Å². The van der Waals surface area contributed by atoms with E-state index in [1.807, 2.05) is 0 Å². The molecule has 0 unspecified atom stereocenters. The van der Waals surface area contributed by atoms with Crippen molar-refractivity contribution in [2.45, 2.75) is 19.8 Å². The largest absolute Gasteiger partial charge is 0.466 e. The Bertz CT molecular complexity index is 361. The maximum Gasteiger partial charge on any atom is 0.306 e. The van der Waals surface area contributed by atoms with Gasteiger partial charge in [-0.15, -0.1) is 11.3 Å². The number of carbonyl (C=O) groups is 1. The van der Waals surface area contributed by atoms with Crippen LogP contribution in [0.15, 0.2) is 11.4 Å². The molecule has 1 rings (SSSR count). The first-order chi connectivity index (χ1) is 7.13. The molecule has 1 aromatic rings. The summed E-state index contributed by atoms with van der Waals surface area (Å²) in [6.45, 7) is 2.11. The fourth-order valence-corrected chi connectivity index (χ4v) is 1.89. The van der Waals surface area contributed by atoms with Crippen molar-refractivity contribution in [3.8, 4) is 0 Å². The first-order valence-corrected chi connectivity index (χ1v) is 5.39. The highest BCUT2D eigenvalue weighted by Gasteiger charge is 2.10. The number of aryl methyl sites for hydroxylation is 1. The van der Waals surface area contributed by atoms with E-state index < -0.39 is 4.92 Å². The van der Waals surface area contributed by atoms with Gasteiger partial charge >= 0.3 is 5.97 Å². The number of esters is 1. The summed E-state index contributed by atoms with van der Waals surface area (Å²) < 4.78 is 4.75. The number of hydrogen-bond donors (Lipinski definition) is 0. The minimum atomic E-state index is -0.440. The predicted octanol–water partition coefficient (Wildman–Crippen LogP) is 2.15. The van der Waals surface area contributed by atoms with Crippen molar-refractivity contribution < 1.29 is 14.5 Å². The lowest BCUT2D eigenvalue weighted by molar-refractivity contribution is -0.384. The number of carbonyl (C=O) groups excluding carboxylic acids is 1. The summed E-state index contributed by atoms with van der Waals surface area (Å²) in [5.74, 6) is -0.270. The summed E-state index contributed by atoms with van der Waals surface area (Å²) in [5, 5.41) is 11.8. The Hall–Kier alpha value is -1.43. The average Bonchev–Trinajstić information content (AvgIpc) is 2.63. The van der Waals surface area contributed by atoms with Crippen molar-refractivity contribution >= 4 is 23.0 Å². The number of nitro groups is 1. The number of ether oxygens (including phenoxy) is 1. The Morgan fingerprint density at radius 2 is 2.40 bits per heavy atom. The molecule has 15 heavy (non-hydrogen) atoms. The van der Waals surface area contributed by atoms with Gasteiger partial charge in [0.1, 0.15) is 0 Å². The normalized spacial score (nSPS) is 9.93. The monoisotopic (exact) mass is 229 g/mol. The minimum Gasteiger partial charge on any atom is -0.466 e. The number of nitrogens with zero attached hydrogens (tertiary/aromatic N) is 1. The highest BCUT2D eigenvalue weighted by Crippen LogP contribution is 2.22. The molecule has 0 aliphatic heterocycles. The molecule has 6 heteroatoms. The fourth-order valence-electron chi connectivity index (χ4n) is 1.05. The molecule has 5 nitrogen and oxygen atoms in total. The SMILES string of the molecule is CCOC(=O)CCc1cc([N+](=O)[O-])cs1. The minimum absolute atomic E-state index is 0.0823. The van der Waals surface area contributed by atoms with Crippen molar-refractivity contribution in [3.63, 3.8) is 0 Å². The molecule has 0 spiro atoms. The third-order valence-electron chi connectivity index (χ3n) is 1.73. The fraction of sp³-hybridized carbons (Fsp3) is 0.444. The standard InChI is InChI=1S/C9H11NO4S/c1-2-14-9(11)4-3-8-5-7(6-15-8)10(12)13/h5-6H,2-4H2,1H3. The second-order valence-electron chi connectivity index (χ2n) is 2.83. The average molecular weight is 229 g/mol. The zero-order valence-corrected chi connectivity index (χ0v) is 9.08. The zero-order chi connectivity index (χ0) is 11.3. The third-order valence-corrected chi connectivity index (χ3v) is 2.72. The summed E-state index contributed by atoms with van der Waals surface area (Å²) in [6.07, 6.45) is 0.767. The molecule has 82 valence electrons. The van der Waals surface area contributed by atoms with Crippen LogP contribution in [0.25, 0.3) is 0 Å². The zero-order valence-electron chi connectivity index (χ0n) is 8.26. The molecule has 1 heterocycles. The van der Waals surface area contributed by atoms with Crippen LogP contribution < -0.4 is 0 Å². The lowest BCUT2D eigenvalue weighted by atomic mass is 10.2. The van der Waals surface area contributed by atoms with Crippen LogP contribution in [0, 0.1) is 10.1 Å². The second kappa shape index (κ2) is 5.45. The quantitative estimate of drug-likeness (QED) is 0.440.